The van der Waals surface area contributed by atoms with Gasteiger partial charge in [-0.15, -0.1) is 0 Å². The van der Waals surface area contributed by atoms with Gasteiger partial charge in [-0.1, -0.05) is 23.7 Å². The van der Waals surface area contributed by atoms with Gasteiger partial charge in [0.1, 0.15) is 29.7 Å². The van der Waals surface area contributed by atoms with Gasteiger partial charge in [-0.05, 0) is 35.9 Å². The van der Waals surface area contributed by atoms with Crippen LogP contribution < -0.4 is 15.2 Å². The van der Waals surface area contributed by atoms with E-state index in [1.165, 1.54) is 13.2 Å². The van der Waals surface area contributed by atoms with Crippen molar-refractivity contribution in [3.63, 3.8) is 0 Å². The van der Waals surface area contributed by atoms with E-state index in [9.17, 15) is 4.79 Å². The summed E-state index contributed by atoms with van der Waals surface area (Å²) in [5.74, 6) is 0.270. The molecule has 1 amide bonds. The zero-order valence-corrected chi connectivity index (χ0v) is 13.7. The number of nitriles is 1. The number of primary amides is 1. The number of carbonyl (C=O) groups excluding carboxylic acids is 1. The zero-order chi connectivity index (χ0) is 17.5. The van der Waals surface area contributed by atoms with Crippen LogP contribution in [0.25, 0.3) is 6.08 Å². The van der Waals surface area contributed by atoms with Gasteiger partial charge in [-0.25, -0.2) is 0 Å². The number of methoxy groups -OCH3 is 1. The highest BCUT2D eigenvalue weighted by atomic mass is 35.5. The molecule has 2 aromatic carbocycles. The summed E-state index contributed by atoms with van der Waals surface area (Å²) in [5, 5.41) is 9.63. The molecule has 0 bridgehead atoms. The molecule has 0 radical (unpaired) electrons. The zero-order valence-electron chi connectivity index (χ0n) is 13.0. The van der Waals surface area contributed by atoms with E-state index in [-0.39, 0.29) is 5.57 Å². The molecular weight excluding hydrogens is 328 g/mol. The molecule has 0 unspecified atom stereocenters. The number of hydrogen-bond acceptors (Lipinski definition) is 4. The minimum Gasteiger partial charge on any atom is -0.497 e. The number of nitrogens with two attached hydrogens (primary N) is 1. The van der Waals surface area contributed by atoms with Crippen molar-refractivity contribution in [3.05, 3.63) is 64.2 Å². The van der Waals surface area contributed by atoms with E-state index in [1.807, 2.05) is 12.1 Å². The average molecular weight is 343 g/mol. The van der Waals surface area contributed by atoms with E-state index < -0.39 is 5.91 Å². The fourth-order valence-electron chi connectivity index (χ4n) is 1.94. The Labute approximate surface area is 144 Å². The Morgan fingerprint density at radius 2 is 2.00 bits per heavy atom. The van der Waals surface area contributed by atoms with Gasteiger partial charge in [-0.3, -0.25) is 4.79 Å². The Kier molecular flexibility index (Phi) is 5.83. The summed E-state index contributed by atoms with van der Waals surface area (Å²) < 4.78 is 11.0. The lowest BCUT2D eigenvalue weighted by atomic mass is 10.1. The van der Waals surface area contributed by atoms with Crippen LogP contribution in [0.2, 0.25) is 5.02 Å². The number of ether oxygens (including phenoxy) is 2. The van der Waals surface area contributed by atoms with Gasteiger partial charge >= 0.3 is 0 Å². The van der Waals surface area contributed by atoms with E-state index in [0.717, 1.165) is 5.56 Å². The summed E-state index contributed by atoms with van der Waals surface area (Å²) in [6, 6.07) is 14.1. The summed E-state index contributed by atoms with van der Waals surface area (Å²) in [4.78, 5) is 11.2. The minimum atomic E-state index is -0.794. The third-order valence-electron chi connectivity index (χ3n) is 3.21. The molecule has 2 N–H and O–H groups in total. The van der Waals surface area contributed by atoms with Crippen LogP contribution in [0.4, 0.5) is 0 Å². The van der Waals surface area contributed by atoms with Crippen LogP contribution >= 0.6 is 11.6 Å². The normalized spacial score (nSPS) is 10.8. The lowest BCUT2D eigenvalue weighted by Gasteiger charge is -2.11. The number of rotatable bonds is 6. The highest BCUT2D eigenvalue weighted by Crippen LogP contribution is 2.27. The van der Waals surface area contributed by atoms with E-state index in [1.54, 1.807) is 36.4 Å². The Bertz CT molecular complexity index is 808. The standard InChI is InChI=1S/C18H15ClN2O3/c1-23-16-7-4-13(8-14(10-20)18(21)22)17(9-16)24-11-12-2-5-15(19)6-3-12/h2-9H,11H2,1H3,(H2,21,22)/b14-8+. The number of halogens is 1. The fraction of sp³-hybridized carbons (Fsp3) is 0.111. The minimum absolute atomic E-state index is 0.156. The van der Waals surface area contributed by atoms with Crippen molar-refractivity contribution in [1.29, 1.82) is 5.26 Å². The van der Waals surface area contributed by atoms with Crippen molar-refractivity contribution in [1.82, 2.24) is 0 Å². The third-order valence-corrected chi connectivity index (χ3v) is 3.47. The van der Waals surface area contributed by atoms with Gasteiger partial charge in [0.15, 0.2) is 0 Å². The van der Waals surface area contributed by atoms with Crippen molar-refractivity contribution in [2.24, 2.45) is 5.73 Å². The predicted octanol–water partition coefficient (Wildman–Crippen LogP) is 3.32. The van der Waals surface area contributed by atoms with Gasteiger partial charge in [0.2, 0.25) is 0 Å². The number of benzene rings is 2. The van der Waals surface area contributed by atoms with Crippen LogP contribution in [0, 0.1) is 11.3 Å². The largest absolute Gasteiger partial charge is 0.497 e. The van der Waals surface area contributed by atoms with Crippen LogP contribution in [0.3, 0.4) is 0 Å². The van der Waals surface area contributed by atoms with Crippen molar-refractivity contribution in [2.75, 3.05) is 7.11 Å². The second-order valence-electron chi connectivity index (χ2n) is 4.85. The van der Waals surface area contributed by atoms with Crippen molar-refractivity contribution >= 4 is 23.6 Å². The molecule has 5 nitrogen and oxygen atoms in total. The topological polar surface area (TPSA) is 85.3 Å². The van der Waals surface area contributed by atoms with E-state index in [0.29, 0.717) is 28.7 Å². The van der Waals surface area contributed by atoms with Crippen LogP contribution in [0.1, 0.15) is 11.1 Å². The van der Waals surface area contributed by atoms with E-state index in [4.69, 9.17) is 32.1 Å². The van der Waals surface area contributed by atoms with Crippen LogP contribution in [0.5, 0.6) is 11.5 Å². The molecule has 6 heteroatoms. The molecule has 0 saturated heterocycles. The summed E-state index contributed by atoms with van der Waals surface area (Å²) in [5.41, 5.74) is 6.50. The number of amides is 1. The first kappa shape index (κ1) is 17.4. The second kappa shape index (κ2) is 8.04. The summed E-state index contributed by atoms with van der Waals surface area (Å²) in [7, 11) is 1.54. The predicted molar refractivity (Wildman–Crippen MR) is 91.6 cm³/mol. The Morgan fingerprint density at radius 3 is 2.58 bits per heavy atom. The van der Waals surface area contributed by atoms with E-state index >= 15 is 0 Å². The van der Waals surface area contributed by atoms with Crippen molar-refractivity contribution < 1.29 is 14.3 Å². The molecular formula is C18H15ClN2O3. The van der Waals surface area contributed by atoms with Gasteiger partial charge in [0.05, 0.1) is 7.11 Å². The molecule has 0 aliphatic carbocycles. The maximum atomic E-state index is 11.2. The van der Waals surface area contributed by atoms with Gasteiger partial charge in [-0.2, -0.15) is 5.26 Å². The lowest BCUT2D eigenvalue weighted by Crippen LogP contribution is -2.12. The fourth-order valence-corrected chi connectivity index (χ4v) is 2.07. The molecule has 0 aliphatic rings. The molecule has 122 valence electrons. The molecule has 2 aromatic rings. The van der Waals surface area contributed by atoms with Gasteiger partial charge in [0.25, 0.3) is 5.91 Å². The highest BCUT2D eigenvalue weighted by Gasteiger charge is 2.09. The maximum Gasteiger partial charge on any atom is 0.259 e. The first-order valence-corrected chi connectivity index (χ1v) is 7.38. The first-order chi connectivity index (χ1) is 11.5. The quantitative estimate of drug-likeness (QED) is 0.644. The summed E-state index contributed by atoms with van der Waals surface area (Å²) in [6.07, 6.45) is 1.39. The summed E-state index contributed by atoms with van der Waals surface area (Å²) >= 11 is 5.86. The molecule has 0 spiro atoms. The average Bonchev–Trinajstić information content (AvgIpc) is 2.59. The number of carbonyl (C=O) groups is 1. The molecule has 0 atom stereocenters. The highest BCUT2D eigenvalue weighted by molar-refractivity contribution is 6.30. The van der Waals surface area contributed by atoms with Crippen LogP contribution in [0.15, 0.2) is 48.0 Å². The first-order valence-electron chi connectivity index (χ1n) is 7.00. The smallest absolute Gasteiger partial charge is 0.259 e. The maximum absolute atomic E-state index is 11.2. The van der Waals surface area contributed by atoms with E-state index in [2.05, 4.69) is 0 Å². The molecule has 24 heavy (non-hydrogen) atoms. The van der Waals surface area contributed by atoms with Gasteiger partial charge in [0, 0.05) is 16.7 Å². The SMILES string of the molecule is COc1ccc(/C=C(\C#N)C(N)=O)c(OCc2ccc(Cl)cc2)c1. The van der Waals surface area contributed by atoms with Crippen molar-refractivity contribution in [2.45, 2.75) is 6.61 Å². The van der Waals surface area contributed by atoms with Gasteiger partial charge < -0.3 is 15.2 Å². The second-order valence-corrected chi connectivity index (χ2v) is 5.29. The van der Waals surface area contributed by atoms with Crippen LogP contribution in [-0.2, 0) is 11.4 Å². The molecule has 0 aliphatic heterocycles. The Balaban J connectivity index is 2.30. The molecule has 0 aromatic heterocycles. The monoisotopic (exact) mass is 342 g/mol. The third kappa shape index (κ3) is 4.51. The summed E-state index contributed by atoms with van der Waals surface area (Å²) in [6.45, 7) is 0.295. The Morgan fingerprint density at radius 1 is 1.29 bits per heavy atom. The molecule has 0 saturated carbocycles. The molecule has 0 heterocycles. The lowest BCUT2D eigenvalue weighted by molar-refractivity contribution is -0.114. The number of nitrogens with zero attached hydrogens (tertiary/aromatic N) is 1. The number of hydrogen-bond donors (Lipinski definition) is 1. The van der Waals surface area contributed by atoms with Crippen molar-refractivity contribution in [3.8, 4) is 17.6 Å². The van der Waals surface area contributed by atoms with Crippen LogP contribution in [-0.4, -0.2) is 13.0 Å². The Hall–Kier alpha value is -2.97. The molecule has 2 rings (SSSR count). The molecule has 0 fully saturated rings.